The van der Waals surface area contributed by atoms with Crippen molar-refractivity contribution in [2.24, 2.45) is 5.41 Å². The molecule has 26 heavy (non-hydrogen) atoms. The molecule has 0 amide bonds. The molecule has 4 heteroatoms. The zero-order chi connectivity index (χ0) is 19.2. The molecule has 0 atom stereocenters. The summed E-state index contributed by atoms with van der Waals surface area (Å²) in [7, 11) is 0. The summed E-state index contributed by atoms with van der Waals surface area (Å²) < 4.78 is 14.4. The van der Waals surface area contributed by atoms with Crippen LogP contribution in [0.25, 0.3) is 11.1 Å². The van der Waals surface area contributed by atoms with Gasteiger partial charge in [0.05, 0.1) is 13.2 Å². The summed E-state index contributed by atoms with van der Waals surface area (Å²) in [5.74, 6) is 1.58. The van der Waals surface area contributed by atoms with E-state index in [0.29, 0.717) is 13.2 Å². The van der Waals surface area contributed by atoms with E-state index in [-0.39, 0.29) is 10.8 Å². The Hall–Kier alpha value is -1.97. The van der Waals surface area contributed by atoms with Crippen LogP contribution in [0.4, 0.5) is 0 Å². The van der Waals surface area contributed by atoms with E-state index in [4.69, 9.17) is 9.47 Å². The minimum atomic E-state index is 0.00471. The van der Waals surface area contributed by atoms with Crippen LogP contribution in [0.2, 0.25) is 0 Å². The Balaban J connectivity index is 2.57. The van der Waals surface area contributed by atoms with Gasteiger partial charge in [-0.3, -0.25) is 9.36 Å². The van der Waals surface area contributed by atoms with Gasteiger partial charge in [0.1, 0.15) is 0 Å². The van der Waals surface area contributed by atoms with Crippen LogP contribution in [-0.2, 0) is 6.54 Å². The van der Waals surface area contributed by atoms with E-state index in [9.17, 15) is 4.79 Å². The highest BCUT2D eigenvalue weighted by Crippen LogP contribution is 2.38. The Kier molecular flexibility index (Phi) is 7.13. The molecule has 2 rings (SSSR count). The van der Waals surface area contributed by atoms with Gasteiger partial charge in [0.2, 0.25) is 5.88 Å². The fourth-order valence-corrected chi connectivity index (χ4v) is 2.84. The first-order chi connectivity index (χ1) is 12.4. The largest absolute Gasteiger partial charge is 0.479 e. The van der Waals surface area contributed by atoms with Gasteiger partial charge < -0.3 is 9.47 Å². The van der Waals surface area contributed by atoms with Crippen molar-refractivity contribution < 1.29 is 9.47 Å². The Morgan fingerprint density at radius 1 is 0.962 bits per heavy atom. The molecule has 144 valence electrons. The van der Waals surface area contributed by atoms with E-state index in [1.807, 2.05) is 12.1 Å². The average molecular weight is 360 g/mol. The summed E-state index contributed by atoms with van der Waals surface area (Å²) in [4.78, 5) is 11.9. The van der Waals surface area contributed by atoms with Gasteiger partial charge in [0.15, 0.2) is 11.3 Å². The maximum Gasteiger partial charge on any atom is 0.204 e. The van der Waals surface area contributed by atoms with Gasteiger partial charge in [0, 0.05) is 18.2 Å². The molecule has 0 radical (unpaired) electrons. The Morgan fingerprint density at radius 2 is 1.62 bits per heavy atom. The van der Waals surface area contributed by atoms with Gasteiger partial charge in [-0.15, -0.1) is 0 Å². The molecule has 0 saturated carbocycles. The van der Waals surface area contributed by atoms with Crippen molar-refractivity contribution in [3.63, 3.8) is 0 Å². The van der Waals surface area contributed by atoms with E-state index in [2.05, 4.69) is 39.2 Å². The first-order valence-electron chi connectivity index (χ1n) is 9.79. The quantitative estimate of drug-likeness (QED) is 0.566. The zero-order valence-electron chi connectivity index (χ0n) is 16.9. The van der Waals surface area contributed by atoms with Gasteiger partial charge in [-0.2, -0.15) is 0 Å². The third-order valence-corrected chi connectivity index (χ3v) is 4.16. The van der Waals surface area contributed by atoms with E-state index in [1.54, 1.807) is 12.1 Å². The second kappa shape index (κ2) is 9.11. The molecule has 2 aliphatic rings. The minimum absolute atomic E-state index is 0.00471. The smallest absolute Gasteiger partial charge is 0.204 e. The number of hydrogen-bond acceptors (Lipinski definition) is 3. The molecular weight excluding hydrogens is 326 g/mol. The van der Waals surface area contributed by atoms with Gasteiger partial charge in [-0.1, -0.05) is 47.5 Å². The molecule has 1 heterocycles. The zero-order valence-corrected chi connectivity index (χ0v) is 16.9. The maximum atomic E-state index is 11.9. The number of nitrogens with zero attached hydrogens (tertiary/aromatic N) is 1. The van der Waals surface area contributed by atoms with Crippen LogP contribution in [0, 0.1) is 5.41 Å². The van der Waals surface area contributed by atoms with Crippen LogP contribution in [0.15, 0.2) is 29.1 Å². The minimum Gasteiger partial charge on any atom is -0.479 e. The number of unbranched alkanes of at least 4 members (excludes halogenated alkanes) is 2. The molecule has 0 N–H and O–H groups in total. The van der Waals surface area contributed by atoms with Crippen molar-refractivity contribution in [2.75, 3.05) is 13.2 Å². The summed E-state index contributed by atoms with van der Waals surface area (Å²) in [6.45, 7) is 13.0. The number of fused-ring (bicyclic) bond motifs is 1. The van der Waals surface area contributed by atoms with Crippen molar-refractivity contribution >= 4 is 0 Å². The predicted octanol–water partition coefficient (Wildman–Crippen LogP) is 5.36. The van der Waals surface area contributed by atoms with Gasteiger partial charge in [0.25, 0.3) is 0 Å². The van der Waals surface area contributed by atoms with Crippen molar-refractivity contribution in [3.8, 4) is 22.9 Å². The van der Waals surface area contributed by atoms with Crippen LogP contribution in [0.5, 0.6) is 11.8 Å². The normalized spacial score (nSPS) is 11.7. The summed E-state index contributed by atoms with van der Waals surface area (Å²) in [6.07, 6.45) is 4.16. The number of hydrogen-bond donors (Lipinski definition) is 0. The highest BCUT2D eigenvalue weighted by atomic mass is 16.5. The monoisotopic (exact) mass is 359 g/mol. The third-order valence-electron chi connectivity index (χ3n) is 4.16. The standard InChI is InChI=1S/C22H33NO3/c1-6-8-12-25-20-15-17-14-18(24)10-11-19(17)21(26-13-9-7-2)23(20)16-22(3,4)5/h10-11,14-15H,6-9,12-13,16H2,1-5H3. The topological polar surface area (TPSA) is 40.5 Å². The molecule has 0 aromatic rings. The van der Waals surface area contributed by atoms with Crippen LogP contribution < -0.4 is 14.9 Å². The predicted molar refractivity (Wildman–Crippen MR) is 108 cm³/mol. The Morgan fingerprint density at radius 3 is 2.23 bits per heavy atom. The van der Waals surface area contributed by atoms with Crippen molar-refractivity contribution in [1.29, 1.82) is 0 Å². The number of benzene rings is 1. The van der Waals surface area contributed by atoms with Gasteiger partial charge in [-0.25, -0.2) is 0 Å². The summed E-state index contributed by atoms with van der Waals surface area (Å²) >= 11 is 0. The van der Waals surface area contributed by atoms with E-state index in [1.165, 1.54) is 0 Å². The molecule has 0 aromatic carbocycles. The average Bonchev–Trinajstić information content (AvgIpc) is 2.56. The first kappa shape index (κ1) is 20.3. The van der Waals surface area contributed by atoms with Crippen molar-refractivity contribution in [1.82, 2.24) is 4.57 Å². The van der Waals surface area contributed by atoms with Crippen LogP contribution in [-0.4, -0.2) is 17.8 Å². The second-order valence-electron chi connectivity index (χ2n) is 8.09. The fraction of sp³-hybridized carbons (Fsp3) is 0.591. The SMILES string of the molecule is CCCCOc1cc2cc(=O)ccc-2c(OCCCC)n1CC(C)(C)C. The Bertz CT molecular complexity index is 727. The number of ether oxygens (including phenoxy) is 2. The molecule has 0 saturated heterocycles. The van der Waals surface area contributed by atoms with Crippen LogP contribution in [0.3, 0.4) is 0 Å². The summed E-state index contributed by atoms with van der Waals surface area (Å²) in [5, 5.41) is 0. The van der Waals surface area contributed by atoms with Gasteiger partial charge in [-0.05, 0) is 42.0 Å². The van der Waals surface area contributed by atoms with Crippen LogP contribution >= 0.6 is 0 Å². The number of pyridine rings is 1. The van der Waals surface area contributed by atoms with Crippen LogP contribution in [0.1, 0.15) is 60.3 Å². The van der Waals surface area contributed by atoms with Crippen molar-refractivity contribution in [2.45, 2.75) is 66.8 Å². The molecule has 1 aliphatic heterocycles. The highest BCUT2D eigenvalue weighted by molar-refractivity contribution is 5.71. The van der Waals surface area contributed by atoms with Gasteiger partial charge >= 0.3 is 0 Å². The second-order valence-corrected chi connectivity index (χ2v) is 8.09. The van der Waals surface area contributed by atoms with E-state index >= 15 is 0 Å². The first-order valence-corrected chi connectivity index (χ1v) is 9.79. The summed E-state index contributed by atoms with van der Waals surface area (Å²) in [6, 6.07) is 7.11. The fourth-order valence-electron chi connectivity index (χ4n) is 2.84. The maximum absolute atomic E-state index is 11.9. The number of aromatic nitrogens is 1. The molecule has 0 aromatic heterocycles. The molecular formula is C22H33NO3. The molecule has 0 bridgehead atoms. The molecule has 1 aliphatic carbocycles. The molecule has 0 unspecified atom stereocenters. The lowest BCUT2D eigenvalue weighted by Gasteiger charge is -2.28. The molecule has 0 spiro atoms. The lowest BCUT2D eigenvalue weighted by Crippen LogP contribution is -2.21. The lowest BCUT2D eigenvalue weighted by molar-refractivity contribution is 0.220. The van der Waals surface area contributed by atoms with Crippen molar-refractivity contribution in [3.05, 3.63) is 34.5 Å². The Labute approximate surface area is 157 Å². The highest BCUT2D eigenvalue weighted by Gasteiger charge is 2.22. The summed E-state index contributed by atoms with van der Waals surface area (Å²) in [5.41, 5.74) is 1.92. The molecule has 0 fully saturated rings. The van der Waals surface area contributed by atoms with E-state index < -0.39 is 0 Å². The number of rotatable bonds is 9. The van der Waals surface area contributed by atoms with E-state index in [0.717, 1.165) is 55.1 Å². The molecule has 4 nitrogen and oxygen atoms in total. The third kappa shape index (κ3) is 5.52. The lowest BCUT2D eigenvalue weighted by atomic mass is 9.96.